The fourth-order valence-corrected chi connectivity index (χ4v) is 6.30. The van der Waals surface area contributed by atoms with Crippen LogP contribution in [0.4, 0.5) is 0 Å². The molecule has 1 aliphatic carbocycles. The molecule has 1 spiro atoms. The minimum Gasteiger partial charge on any atom is -0.207 e. The Morgan fingerprint density at radius 1 is 1.19 bits per heavy atom. The fourth-order valence-electron chi connectivity index (χ4n) is 4.44. The van der Waals surface area contributed by atoms with E-state index < -0.39 is 15.6 Å². The van der Waals surface area contributed by atoms with Gasteiger partial charge in [-0.15, -0.1) is 0 Å². The number of hydrogen-bond acceptors (Lipinski definition) is 4. The van der Waals surface area contributed by atoms with Crippen LogP contribution in [0.2, 0.25) is 0 Å². The maximum absolute atomic E-state index is 13.5. The highest BCUT2D eigenvalue weighted by Crippen LogP contribution is 2.50. The first-order chi connectivity index (χ1) is 12.5. The molecule has 1 aromatic carbocycles. The quantitative estimate of drug-likeness (QED) is 0.761. The molecule has 1 atom stereocenters. The Morgan fingerprint density at radius 2 is 1.85 bits per heavy atom. The highest BCUT2D eigenvalue weighted by molar-refractivity contribution is 7.89. The normalized spacial score (nSPS) is 24.4. The van der Waals surface area contributed by atoms with Gasteiger partial charge in [0.05, 0.1) is 22.6 Å². The molecule has 2 aliphatic rings. The van der Waals surface area contributed by atoms with Gasteiger partial charge < -0.3 is 0 Å². The maximum Gasteiger partial charge on any atom is 0.243 e. The van der Waals surface area contributed by atoms with Gasteiger partial charge in [-0.05, 0) is 37.5 Å². The zero-order valence-corrected chi connectivity index (χ0v) is 15.8. The lowest BCUT2D eigenvalue weighted by molar-refractivity contribution is 0.203. The Labute approximate surface area is 155 Å². The first-order valence-electron chi connectivity index (χ1n) is 9.02. The van der Waals surface area contributed by atoms with Crippen LogP contribution in [0.25, 0.3) is 0 Å². The molecule has 0 bridgehead atoms. The molecule has 0 N–H and O–H groups in total. The lowest BCUT2D eigenvalue weighted by Crippen LogP contribution is -2.49. The molecule has 1 aliphatic heterocycles. The molecule has 1 unspecified atom stereocenters. The topological polar surface area (TPSA) is 85.0 Å². The van der Waals surface area contributed by atoms with Crippen molar-refractivity contribution in [3.63, 3.8) is 0 Å². The molecule has 5 nitrogen and oxygen atoms in total. The van der Waals surface area contributed by atoms with E-state index in [0.717, 1.165) is 30.4 Å². The van der Waals surface area contributed by atoms with Crippen LogP contribution < -0.4 is 0 Å². The molecule has 1 saturated heterocycles. The third-order valence-electron chi connectivity index (χ3n) is 5.69. The lowest BCUT2D eigenvalue weighted by Gasteiger charge is -2.41. The third-order valence-corrected chi connectivity index (χ3v) is 7.63. The van der Waals surface area contributed by atoms with Crippen molar-refractivity contribution in [2.45, 2.75) is 55.9 Å². The van der Waals surface area contributed by atoms with Crippen LogP contribution in [0.15, 0.2) is 40.8 Å². The van der Waals surface area contributed by atoms with Crippen molar-refractivity contribution in [2.75, 3.05) is 6.54 Å². The third kappa shape index (κ3) is 3.05. The van der Waals surface area contributed by atoms with Crippen molar-refractivity contribution < 1.29 is 8.42 Å². The molecular weight excluding hydrogens is 346 g/mol. The zero-order chi connectivity index (χ0) is 18.8. The van der Waals surface area contributed by atoms with Gasteiger partial charge in [-0.2, -0.15) is 14.8 Å². The van der Waals surface area contributed by atoms with E-state index in [1.165, 1.54) is 6.08 Å². The van der Waals surface area contributed by atoms with Gasteiger partial charge in [-0.1, -0.05) is 37.0 Å². The number of hydrogen-bond donors (Lipinski definition) is 0. The predicted molar refractivity (Wildman–Crippen MR) is 98.3 cm³/mol. The summed E-state index contributed by atoms with van der Waals surface area (Å²) in [6.45, 7) is 2.20. The zero-order valence-electron chi connectivity index (χ0n) is 15.0. The Morgan fingerprint density at radius 3 is 2.42 bits per heavy atom. The molecule has 0 amide bonds. The van der Waals surface area contributed by atoms with Crippen LogP contribution in [0.1, 0.15) is 44.1 Å². The number of sulfonamides is 1. The average Bonchev–Trinajstić information content (AvgIpc) is 2.91. The largest absolute Gasteiger partial charge is 0.243 e. The Bertz CT molecular complexity index is 882. The summed E-state index contributed by atoms with van der Waals surface area (Å²) in [6.07, 6.45) is 6.10. The number of aryl methyl sites for hydroxylation is 1. The van der Waals surface area contributed by atoms with Crippen molar-refractivity contribution in [3.05, 3.63) is 41.5 Å². The molecule has 2 fully saturated rings. The predicted octanol–water partition coefficient (Wildman–Crippen LogP) is 3.68. The van der Waals surface area contributed by atoms with Gasteiger partial charge in [0.2, 0.25) is 10.0 Å². The number of benzene rings is 1. The second-order valence-corrected chi connectivity index (χ2v) is 9.09. The summed E-state index contributed by atoms with van der Waals surface area (Å²) in [6, 6.07) is 11.2. The van der Waals surface area contributed by atoms with E-state index in [0.29, 0.717) is 12.8 Å². The van der Waals surface area contributed by atoms with Gasteiger partial charge in [0.1, 0.15) is 0 Å². The van der Waals surface area contributed by atoms with Crippen LogP contribution in [0.3, 0.4) is 0 Å². The highest BCUT2D eigenvalue weighted by atomic mass is 32.2. The molecular formula is C20H23N3O2S. The van der Waals surface area contributed by atoms with Gasteiger partial charge in [0, 0.05) is 25.0 Å². The molecule has 1 saturated carbocycles. The summed E-state index contributed by atoms with van der Waals surface area (Å²) in [5.74, 6) is -0.210. The van der Waals surface area contributed by atoms with Gasteiger partial charge in [0.25, 0.3) is 0 Å². The molecule has 0 radical (unpaired) electrons. The van der Waals surface area contributed by atoms with E-state index >= 15 is 0 Å². The Balaban J connectivity index is 2.12. The molecule has 6 heteroatoms. The van der Waals surface area contributed by atoms with Crippen LogP contribution in [-0.2, 0) is 10.0 Å². The number of allylic oxidation sites excluding steroid dienone is 1. The monoisotopic (exact) mass is 369 g/mol. The average molecular weight is 369 g/mol. The lowest BCUT2D eigenvalue weighted by atomic mass is 9.75. The van der Waals surface area contributed by atoms with E-state index in [1.807, 2.05) is 6.92 Å². The van der Waals surface area contributed by atoms with E-state index in [-0.39, 0.29) is 23.8 Å². The van der Waals surface area contributed by atoms with E-state index in [9.17, 15) is 18.9 Å². The molecule has 26 heavy (non-hydrogen) atoms. The minimum absolute atomic E-state index is 0.210. The fraction of sp³-hybridized carbons (Fsp3) is 0.500. The van der Waals surface area contributed by atoms with Crippen molar-refractivity contribution >= 4 is 10.0 Å². The van der Waals surface area contributed by atoms with Crippen molar-refractivity contribution in [3.8, 4) is 12.1 Å². The van der Waals surface area contributed by atoms with Gasteiger partial charge in [0.15, 0.2) is 0 Å². The van der Waals surface area contributed by atoms with E-state index in [2.05, 4.69) is 12.1 Å². The first-order valence-corrected chi connectivity index (χ1v) is 10.5. The van der Waals surface area contributed by atoms with Crippen molar-refractivity contribution in [1.29, 1.82) is 10.5 Å². The Hall–Kier alpha value is -2.15. The van der Waals surface area contributed by atoms with Gasteiger partial charge in [-0.25, -0.2) is 8.42 Å². The summed E-state index contributed by atoms with van der Waals surface area (Å²) in [5, 5.41) is 18.5. The van der Waals surface area contributed by atoms with Crippen LogP contribution in [-0.4, -0.2) is 24.8 Å². The Kier molecular flexibility index (Phi) is 5.18. The highest BCUT2D eigenvalue weighted by Gasteiger charge is 2.54. The van der Waals surface area contributed by atoms with E-state index in [4.69, 9.17) is 0 Å². The van der Waals surface area contributed by atoms with Crippen LogP contribution >= 0.6 is 0 Å². The molecule has 1 aromatic rings. The SMILES string of the molecule is Cc1ccc(S(=O)(=O)N2CC(CC#N)/C(=C/C#N)C23CCCCC3)cc1. The molecule has 136 valence electrons. The summed E-state index contributed by atoms with van der Waals surface area (Å²) in [4.78, 5) is 0.280. The molecule has 3 rings (SSSR count). The second-order valence-electron chi connectivity index (χ2n) is 7.23. The smallest absolute Gasteiger partial charge is 0.207 e. The molecule has 0 aromatic heterocycles. The summed E-state index contributed by atoms with van der Waals surface area (Å²) < 4.78 is 28.5. The summed E-state index contributed by atoms with van der Waals surface area (Å²) in [5.41, 5.74) is 1.18. The minimum atomic E-state index is -3.69. The summed E-state index contributed by atoms with van der Waals surface area (Å²) >= 11 is 0. The van der Waals surface area contributed by atoms with Gasteiger partial charge in [-0.3, -0.25) is 0 Å². The molecule has 1 heterocycles. The van der Waals surface area contributed by atoms with E-state index in [1.54, 1.807) is 28.6 Å². The number of nitriles is 2. The second kappa shape index (κ2) is 7.23. The summed E-state index contributed by atoms with van der Waals surface area (Å²) in [7, 11) is -3.69. The maximum atomic E-state index is 13.5. The van der Waals surface area contributed by atoms with Crippen LogP contribution in [0, 0.1) is 35.5 Å². The first kappa shape index (κ1) is 18.6. The van der Waals surface area contributed by atoms with Gasteiger partial charge >= 0.3 is 0 Å². The van der Waals surface area contributed by atoms with Crippen molar-refractivity contribution in [1.82, 2.24) is 4.31 Å². The number of rotatable bonds is 3. The number of nitrogens with zero attached hydrogens (tertiary/aromatic N) is 3. The van der Waals surface area contributed by atoms with Crippen LogP contribution in [0.5, 0.6) is 0 Å². The standard InChI is InChI=1S/C20H23N3O2S/c1-16-5-7-18(8-6-16)26(24,25)23-15-17(9-13-21)19(10-14-22)20(23)11-3-2-4-12-20/h5-8,10,17H,2-4,9,11-12,15H2,1H3/b19-10-. The van der Waals surface area contributed by atoms with Crippen molar-refractivity contribution in [2.24, 2.45) is 5.92 Å².